The highest BCUT2D eigenvalue weighted by Crippen LogP contribution is 2.56. The maximum atomic E-state index is 10.9. The standard InChI is InChI=1S/C38H41ClO6/c1-4-41-33-18-15-28(16-19-33)21-31-22-32(17-20-34(31)39)38-36(43-24-30-13-9-6-10-14-30)35(42-23-29-11-7-5-8-12-29)26(2)37(25-40,45-38)27(3)44-38/h5-20,22,26-27,35-36,40H,4,21,23-25H2,1-3H3/t26-,27?,35-,36+,37+,38-/m0/s1. The van der Waals surface area contributed by atoms with Crippen molar-refractivity contribution in [3.8, 4) is 5.75 Å². The number of rotatable bonds is 12. The molecule has 6 nitrogen and oxygen atoms in total. The molecule has 0 spiro atoms. The van der Waals surface area contributed by atoms with Gasteiger partial charge in [0, 0.05) is 16.5 Å². The fraction of sp³-hybridized carbons (Fsp3) is 0.368. The summed E-state index contributed by atoms with van der Waals surface area (Å²) in [7, 11) is 0. The van der Waals surface area contributed by atoms with E-state index in [9.17, 15) is 5.11 Å². The zero-order chi connectivity index (χ0) is 31.4. The molecule has 45 heavy (non-hydrogen) atoms. The minimum Gasteiger partial charge on any atom is -0.494 e. The van der Waals surface area contributed by atoms with Crippen LogP contribution in [0.15, 0.2) is 103 Å². The molecular weight excluding hydrogens is 588 g/mol. The van der Waals surface area contributed by atoms with Crippen LogP contribution in [0.5, 0.6) is 5.75 Å². The Kier molecular flexibility index (Phi) is 9.62. The molecule has 1 N–H and O–H groups in total. The quantitative estimate of drug-likeness (QED) is 0.176. The van der Waals surface area contributed by atoms with Crippen molar-refractivity contribution in [1.82, 2.24) is 0 Å². The van der Waals surface area contributed by atoms with Crippen molar-refractivity contribution >= 4 is 11.6 Å². The minimum absolute atomic E-state index is 0.222. The molecule has 0 aliphatic carbocycles. The molecule has 7 heteroatoms. The zero-order valence-corrected chi connectivity index (χ0v) is 26.8. The van der Waals surface area contributed by atoms with Crippen molar-refractivity contribution in [2.24, 2.45) is 5.92 Å². The average Bonchev–Trinajstić information content (AvgIpc) is 3.35. The van der Waals surface area contributed by atoms with Gasteiger partial charge in [-0.2, -0.15) is 0 Å². The molecule has 2 heterocycles. The summed E-state index contributed by atoms with van der Waals surface area (Å²) < 4.78 is 33.0. The number of ether oxygens (including phenoxy) is 5. The molecule has 2 bridgehead atoms. The molecule has 2 aliphatic rings. The van der Waals surface area contributed by atoms with E-state index in [-0.39, 0.29) is 12.5 Å². The third-order valence-corrected chi connectivity index (χ3v) is 9.57. The Morgan fingerprint density at radius 1 is 0.800 bits per heavy atom. The summed E-state index contributed by atoms with van der Waals surface area (Å²) in [6.45, 7) is 7.10. The lowest BCUT2D eigenvalue weighted by Gasteiger charge is -2.50. The van der Waals surface area contributed by atoms with Crippen molar-refractivity contribution in [2.75, 3.05) is 13.2 Å². The number of aliphatic hydroxyl groups is 1. The van der Waals surface area contributed by atoms with Crippen LogP contribution < -0.4 is 4.74 Å². The van der Waals surface area contributed by atoms with Gasteiger partial charge in [-0.05, 0) is 66.8 Å². The van der Waals surface area contributed by atoms with Crippen molar-refractivity contribution in [3.63, 3.8) is 0 Å². The molecule has 1 unspecified atom stereocenters. The van der Waals surface area contributed by atoms with Crippen LogP contribution in [0.3, 0.4) is 0 Å². The normalized spacial score (nSPS) is 27.4. The maximum Gasteiger partial charge on any atom is 0.225 e. The molecule has 4 aromatic rings. The van der Waals surface area contributed by atoms with Gasteiger partial charge in [-0.3, -0.25) is 0 Å². The summed E-state index contributed by atoms with van der Waals surface area (Å²) in [6, 6.07) is 34.0. The molecule has 6 rings (SSSR count). The summed E-state index contributed by atoms with van der Waals surface area (Å²) in [5.41, 5.74) is 3.88. The lowest BCUT2D eigenvalue weighted by atomic mass is 9.75. The van der Waals surface area contributed by atoms with E-state index in [0.717, 1.165) is 33.6 Å². The Bertz CT molecular complexity index is 1550. The van der Waals surface area contributed by atoms with Crippen LogP contribution in [0.1, 0.15) is 48.6 Å². The van der Waals surface area contributed by atoms with Crippen LogP contribution in [-0.4, -0.2) is 42.2 Å². The first-order chi connectivity index (χ1) is 21.9. The van der Waals surface area contributed by atoms with Crippen molar-refractivity contribution in [2.45, 2.75) is 70.1 Å². The van der Waals surface area contributed by atoms with Crippen LogP contribution in [0, 0.1) is 5.92 Å². The van der Waals surface area contributed by atoms with Crippen LogP contribution in [0.25, 0.3) is 0 Å². The highest BCUT2D eigenvalue weighted by Gasteiger charge is 2.70. The summed E-state index contributed by atoms with van der Waals surface area (Å²) >= 11 is 6.79. The topological polar surface area (TPSA) is 66.4 Å². The van der Waals surface area contributed by atoms with E-state index < -0.39 is 29.7 Å². The van der Waals surface area contributed by atoms with E-state index in [1.165, 1.54) is 0 Å². The molecule has 0 radical (unpaired) electrons. The fourth-order valence-electron chi connectivity index (χ4n) is 6.67. The molecule has 2 fully saturated rings. The monoisotopic (exact) mass is 628 g/mol. The van der Waals surface area contributed by atoms with Gasteiger partial charge >= 0.3 is 0 Å². The van der Waals surface area contributed by atoms with Gasteiger partial charge < -0.3 is 28.8 Å². The van der Waals surface area contributed by atoms with Crippen molar-refractivity contribution in [1.29, 1.82) is 0 Å². The van der Waals surface area contributed by atoms with Gasteiger partial charge in [0.1, 0.15) is 17.5 Å². The third kappa shape index (κ3) is 6.28. The van der Waals surface area contributed by atoms with E-state index in [2.05, 4.69) is 19.1 Å². The van der Waals surface area contributed by atoms with Gasteiger partial charge in [0.05, 0.1) is 38.6 Å². The average molecular weight is 629 g/mol. The Morgan fingerprint density at radius 3 is 2.07 bits per heavy atom. The Balaban J connectivity index is 1.39. The van der Waals surface area contributed by atoms with Gasteiger partial charge in [-0.15, -0.1) is 0 Å². The number of halogens is 1. The first-order valence-electron chi connectivity index (χ1n) is 15.7. The van der Waals surface area contributed by atoms with Gasteiger partial charge in [-0.1, -0.05) is 97.4 Å². The number of hydrogen-bond acceptors (Lipinski definition) is 6. The highest BCUT2D eigenvalue weighted by atomic mass is 35.5. The first kappa shape index (κ1) is 31.7. The molecule has 6 atom stereocenters. The van der Waals surface area contributed by atoms with Crippen LogP contribution in [0.4, 0.5) is 0 Å². The van der Waals surface area contributed by atoms with Gasteiger partial charge in [-0.25, -0.2) is 0 Å². The number of hydrogen-bond donors (Lipinski definition) is 1. The summed E-state index contributed by atoms with van der Waals surface area (Å²) in [6.07, 6.45) is -0.933. The smallest absolute Gasteiger partial charge is 0.225 e. The molecule has 0 saturated carbocycles. The maximum absolute atomic E-state index is 10.9. The largest absolute Gasteiger partial charge is 0.494 e. The Hall–Kier alpha value is -3.23. The molecule has 0 aromatic heterocycles. The molecule has 2 saturated heterocycles. The van der Waals surface area contributed by atoms with Crippen LogP contribution >= 0.6 is 11.6 Å². The van der Waals surface area contributed by atoms with E-state index in [1.807, 2.05) is 105 Å². The van der Waals surface area contributed by atoms with Gasteiger partial charge in [0.25, 0.3) is 0 Å². The number of benzene rings is 4. The second kappa shape index (κ2) is 13.6. The van der Waals surface area contributed by atoms with E-state index in [4.69, 9.17) is 35.3 Å². The molecule has 236 valence electrons. The molecule has 4 aromatic carbocycles. The number of fused-ring (bicyclic) bond motifs is 2. The highest BCUT2D eigenvalue weighted by molar-refractivity contribution is 6.31. The van der Waals surface area contributed by atoms with Gasteiger partial charge in [0.2, 0.25) is 5.79 Å². The van der Waals surface area contributed by atoms with Crippen LogP contribution in [-0.2, 0) is 44.4 Å². The third-order valence-electron chi connectivity index (χ3n) is 9.20. The molecular formula is C38H41ClO6. The lowest BCUT2D eigenvalue weighted by molar-refractivity contribution is -0.337. The van der Waals surface area contributed by atoms with Crippen molar-refractivity contribution in [3.05, 3.63) is 136 Å². The van der Waals surface area contributed by atoms with E-state index in [1.54, 1.807) is 0 Å². The summed E-state index contributed by atoms with van der Waals surface area (Å²) in [5, 5.41) is 11.5. The zero-order valence-electron chi connectivity index (χ0n) is 26.0. The predicted octanol–water partition coefficient (Wildman–Crippen LogP) is 7.47. The first-order valence-corrected chi connectivity index (χ1v) is 16.1. The van der Waals surface area contributed by atoms with E-state index in [0.29, 0.717) is 31.3 Å². The minimum atomic E-state index is -1.34. The Morgan fingerprint density at radius 2 is 1.44 bits per heavy atom. The molecule has 0 amide bonds. The Labute approximate surface area is 270 Å². The summed E-state index contributed by atoms with van der Waals surface area (Å²) in [4.78, 5) is 0. The molecule has 2 aliphatic heterocycles. The number of aliphatic hydroxyl groups excluding tert-OH is 1. The fourth-order valence-corrected chi connectivity index (χ4v) is 6.86. The second-order valence-corrected chi connectivity index (χ2v) is 12.4. The summed E-state index contributed by atoms with van der Waals surface area (Å²) in [5.74, 6) is -0.755. The predicted molar refractivity (Wildman–Crippen MR) is 174 cm³/mol. The van der Waals surface area contributed by atoms with Crippen LogP contribution in [0.2, 0.25) is 5.02 Å². The van der Waals surface area contributed by atoms with Crippen molar-refractivity contribution < 1.29 is 28.8 Å². The lowest BCUT2D eigenvalue weighted by Crippen LogP contribution is -2.64. The second-order valence-electron chi connectivity index (χ2n) is 12.0. The SMILES string of the molecule is CCOc1ccc(Cc2cc([C@]34OC(C)[C@](CO)(O3)[C@@H](C)[C@H](OCc3ccccc3)[C@H]4OCc3ccccc3)ccc2Cl)cc1. The van der Waals surface area contributed by atoms with E-state index >= 15 is 0 Å². The van der Waals surface area contributed by atoms with Gasteiger partial charge in [0.15, 0.2) is 0 Å².